The number of rotatable bonds is 1. The highest BCUT2D eigenvalue weighted by Gasteiger charge is 2.22. The number of anilines is 1. The zero-order valence-corrected chi connectivity index (χ0v) is 9.99. The number of aromatic nitrogens is 2. The average molecular weight is 235 g/mol. The number of nitrogens with zero attached hydrogens (tertiary/aromatic N) is 2. The molecular weight excluding hydrogens is 221 g/mol. The smallest absolute Gasteiger partial charge is 0.247 e. The minimum atomic E-state index is -0.421. The monoisotopic (exact) mass is 235 g/mol. The average Bonchev–Trinajstić information content (AvgIpc) is 2.63. The third kappa shape index (κ3) is 2.43. The molecule has 0 fully saturated rings. The summed E-state index contributed by atoms with van der Waals surface area (Å²) in [5.74, 6) is 0.368. The van der Waals surface area contributed by atoms with Gasteiger partial charge in [-0.2, -0.15) is 0 Å². The second kappa shape index (κ2) is 3.84. The largest absolute Gasteiger partial charge is 0.420 e. The van der Waals surface area contributed by atoms with Crippen LogP contribution >= 0.6 is 0 Å². The van der Waals surface area contributed by atoms with Crippen LogP contribution in [0.15, 0.2) is 22.6 Å². The summed E-state index contributed by atoms with van der Waals surface area (Å²) in [6.45, 7) is 5.89. The van der Waals surface area contributed by atoms with Gasteiger partial charge in [0.2, 0.25) is 11.8 Å². The minimum Gasteiger partial charge on any atom is -0.420 e. The Bertz CT molecular complexity index is 523. The summed E-state index contributed by atoms with van der Waals surface area (Å²) in [7, 11) is 0. The van der Waals surface area contributed by atoms with Crippen LogP contribution in [0, 0.1) is 5.82 Å². The van der Waals surface area contributed by atoms with E-state index >= 15 is 0 Å². The fourth-order valence-electron chi connectivity index (χ4n) is 1.38. The van der Waals surface area contributed by atoms with Crippen molar-refractivity contribution in [1.82, 2.24) is 10.2 Å². The van der Waals surface area contributed by atoms with Gasteiger partial charge in [0.25, 0.3) is 0 Å². The van der Waals surface area contributed by atoms with Gasteiger partial charge in [-0.3, -0.25) is 0 Å². The number of halogens is 1. The van der Waals surface area contributed by atoms with Gasteiger partial charge in [0.1, 0.15) is 5.82 Å². The van der Waals surface area contributed by atoms with Crippen LogP contribution in [0.4, 0.5) is 10.1 Å². The maximum absolute atomic E-state index is 13.2. The third-order valence-electron chi connectivity index (χ3n) is 2.23. The molecule has 2 N–H and O–H groups in total. The number of benzene rings is 1. The topological polar surface area (TPSA) is 64.9 Å². The van der Waals surface area contributed by atoms with Crippen LogP contribution < -0.4 is 5.73 Å². The Kier molecular flexibility index (Phi) is 2.61. The molecule has 0 radical (unpaired) electrons. The standard InChI is InChI=1S/C12H14FN3O/c1-12(2,3)11-16-15-10(17-11)7-4-8(13)6-9(14)5-7/h4-6H,14H2,1-3H3. The van der Waals surface area contributed by atoms with Gasteiger partial charge < -0.3 is 10.2 Å². The molecule has 0 atom stereocenters. The Hall–Kier alpha value is -1.91. The van der Waals surface area contributed by atoms with E-state index in [1.165, 1.54) is 12.1 Å². The molecule has 1 heterocycles. The first-order chi connectivity index (χ1) is 7.86. The maximum atomic E-state index is 13.2. The van der Waals surface area contributed by atoms with E-state index in [9.17, 15) is 4.39 Å². The summed E-state index contributed by atoms with van der Waals surface area (Å²) >= 11 is 0. The Labute approximate surface area is 98.7 Å². The van der Waals surface area contributed by atoms with E-state index in [1.54, 1.807) is 6.07 Å². The van der Waals surface area contributed by atoms with Crippen molar-refractivity contribution in [1.29, 1.82) is 0 Å². The third-order valence-corrected chi connectivity index (χ3v) is 2.23. The lowest BCUT2D eigenvalue weighted by atomic mass is 9.97. The molecule has 2 aromatic rings. The highest BCUT2D eigenvalue weighted by atomic mass is 19.1. The van der Waals surface area contributed by atoms with Crippen molar-refractivity contribution in [2.24, 2.45) is 0 Å². The highest BCUT2D eigenvalue weighted by Crippen LogP contribution is 2.26. The van der Waals surface area contributed by atoms with E-state index in [0.717, 1.165) is 0 Å². The zero-order valence-electron chi connectivity index (χ0n) is 9.99. The molecule has 90 valence electrons. The number of hydrogen-bond acceptors (Lipinski definition) is 4. The molecule has 17 heavy (non-hydrogen) atoms. The van der Waals surface area contributed by atoms with E-state index in [0.29, 0.717) is 17.1 Å². The second-order valence-corrected chi connectivity index (χ2v) is 4.94. The predicted molar refractivity (Wildman–Crippen MR) is 62.8 cm³/mol. The van der Waals surface area contributed by atoms with Crippen LogP contribution in [0.5, 0.6) is 0 Å². The summed E-state index contributed by atoms with van der Waals surface area (Å²) < 4.78 is 18.7. The van der Waals surface area contributed by atoms with Gasteiger partial charge in [0.15, 0.2) is 0 Å². The molecule has 0 aliphatic carbocycles. The first-order valence-electron chi connectivity index (χ1n) is 5.27. The van der Waals surface area contributed by atoms with Gasteiger partial charge in [-0.25, -0.2) is 4.39 Å². The van der Waals surface area contributed by atoms with Crippen LogP contribution in [-0.2, 0) is 5.41 Å². The van der Waals surface area contributed by atoms with Gasteiger partial charge >= 0.3 is 0 Å². The van der Waals surface area contributed by atoms with Crippen molar-refractivity contribution in [2.45, 2.75) is 26.2 Å². The Morgan fingerprint density at radius 3 is 2.41 bits per heavy atom. The van der Waals surface area contributed by atoms with Gasteiger partial charge in [-0.15, -0.1) is 10.2 Å². The maximum Gasteiger partial charge on any atom is 0.247 e. The number of nitrogen functional groups attached to an aromatic ring is 1. The Balaban J connectivity index is 2.44. The Morgan fingerprint density at radius 1 is 1.18 bits per heavy atom. The molecule has 0 bridgehead atoms. The van der Waals surface area contributed by atoms with Crippen molar-refractivity contribution < 1.29 is 8.81 Å². The molecule has 2 rings (SSSR count). The molecule has 4 nitrogen and oxygen atoms in total. The van der Waals surface area contributed by atoms with Crippen LogP contribution in [0.25, 0.3) is 11.5 Å². The minimum absolute atomic E-state index is 0.232. The van der Waals surface area contributed by atoms with E-state index < -0.39 is 5.82 Å². The van der Waals surface area contributed by atoms with Crippen LogP contribution in [-0.4, -0.2) is 10.2 Å². The van der Waals surface area contributed by atoms with E-state index in [1.807, 2.05) is 20.8 Å². The van der Waals surface area contributed by atoms with Crippen molar-refractivity contribution in [2.75, 3.05) is 5.73 Å². The summed E-state index contributed by atoms with van der Waals surface area (Å²) in [5.41, 5.74) is 6.15. The van der Waals surface area contributed by atoms with Gasteiger partial charge in [-0.05, 0) is 18.2 Å². The number of hydrogen-bond donors (Lipinski definition) is 1. The SMILES string of the molecule is CC(C)(C)c1nnc(-c2cc(N)cc(F)c2)o1. The normalized spacial score (nSPS) is 11.8. The van der Waals surface area contributed by atoms with Gasteiger partial charge in [0, 0.05) is 16.7 Å². The molecule has 0 saturated carbocycles. The molecule has 1 aromatic carbocycles. The molecule has 0 aliphatic rings. The highest BCUT2D eigenvalue weighted by molar-refractivity contribution is 5.59. The van der Waals surface area contributed by atoms with Crippen molar-refractivity contribution >= 4 is 5.69 Å². The van der Waals surface area contributed by atoms with Gasteiger partial charge in [0.05, 0.1) is 0 Å². The summed E-state index contributed by atoms with van der Waals surface area (Å²) in [4.78, 5) is 0. The van der Waals surface area contributed by atoms with Crippen LogP contribution in [0.2, 0.25) is 0 Å². The van der Waals surface area contributed by atoms with E-state index in [-0.39, 0.29) is 11.3 Å². The first-order valence-corrected chi connectivity index (χ1v) is 5.27. The lowest BCUT2D eigenvalue weighted by Crippen LogP contribution is -2.11. The van der Waals surface area contributed by atoms with E-state index in [4.69, 9.17) is 10.2 Å². The molecule has 0 spiro atoms. The first kappa shape index (κ1) is 11.6. The molecule has 0 saturated heterocycles. The summed E-state index contributed by atoms with van der Waals surface area (Å²) in [5, 5.41) is 7.84. The summed E-state index contributed by atoms with van der Waals surface area (Å²) in [6, 6.07) is 4.16. The van der Waals surface area contributed by atoms with Crippen LogP contribution in [0.3, 0.4) is 0 Å². The fourth-order valence-corrected chi connectivity index (χ4v) is 1.38. The quantitative estimate of drug-likeness (QED) is 0.772. The summed E-state index contributed by atoms with van der Waals surface area (Å²) in [6.07, 6.45) is 0. The molecule has 0 amide bonds. The Morgan fingerprint density at radius 2 is 1.88 bits per heavy atom. The predicted octanol–water partition coefficient (Wildman–Crippen LogP) is 2.76. The van der Waals surface area contributed by atoms with Crippen molar-refractivity contribution in [3.05, 3.63) is 29.9 Å². The van der Waals surface area contributed by atoms with Gasteiger partial charge in [-0.1, -0.05) is 20.8 Å². The molecule has 1 aromatic heterocycles. The second-order valence-electron chi connectivity index (χ2n) is 4.94. The van der Waals surface area contributed by atoms with Crippen LogP contribution in [0.1, 0.15) is 26.7 Å². The zero-order chi connectivity index (χ0) is 12.6. The molecule has 0 aliphatic heterocycles. The molecule has 0 unspecified atom stereocenters. The van der Waals surface area contributed by atoms with Crippen molar-refractivity contribution in [3.8, 4) is 11.5 Å². The van der Waals surface area contributed by atoms with E-state index in [2.05, 4.69) is 10.2 Å². The molecular formula is C12H14FN3O. The lowest BCUT2D eigenvalue weighted by Gasteiger charge is -2.10. The lowest BCUT2D eigenvalue weighted by molar-refractivity contribution is 0.399. The fraction of sp³-hybridized carbons (Fsp3) is 0.333. The molecule has 5 heteroatoms. The number of nitrogens with two attached hydrogens (primary N) is 1. The van der Waals surface area contributed by atoms with Crippen molar-refractivity contribution in [3.63, 3.8) is 0 Å².